The SMILES string of the molecule is CCCCNC(=O)C(CC)N(CCc1ccccc1)C(=O)CCc1ccc(OCC)c(OCC)c1. The summed E-state index contributed by atoms with van der Waals surface area (Å²) in [5.74, 6) is 1.33. The molecule has 2 aromatic rings. The fourth-order valence-corrected chi connectivity index (χ4v) is 4.05. The third kappa shape index (κ3) is 9.27. The second-order valence-corrected chi connectivity index (χ2v) is 8.54. The van der Waals surface area contributed by atoms with E-state index in [1.807, 2.05) is 57.2 Å². The van der Waals surface area contributed by atoms with Crippen molar-refractivity contribution >= 4 is 11.8 Å². The standard InChI is InChI=1S/C29H42N2O4/c1-5-9-20-30-29(33)25(6-2)31(21-19-23-13-11-10-12-14-23)28(32)18-16-24-15-17-26(34-7-3)27(22-24)35-8-4/h10-15,17,22,25H,5-9,16,18-21H2,1-4H3,(H,30,33). The molecule has 35 heavy (non-hydrogen) atoms. The Hall–Kier alpha value is -3.02. The van der Waals surface area contributed by atoms with Crippen molar-refractivity contribution < 1.29 is 19.1 Å². The van der Waals surface area contributed by atoms with E-state index in [9.17, 15) is 9.59 Å². The quantitative estimate of drug-likeness (QED) is 0.335. The highest BCUT2D eigenvalue weighted by molar-refractivity contribution is 5.87. The molecule has 1 unspecified atom stereocenters. The second kappa shape index (κ2) is 15.8. The minimum Gasteiger partial charge on any atom is -0.490 e. The predicted octanol–water partition coefficient (Wildman–Crippen LogP) is 5.18. The van der Waals surface area contributed by atoms with Crippen molar-refractivity contribution in [2.24, 2.45) is 0 Å². The van der Waals surface area contributed by atoms with Crippen molar-refractivity contribution in [3.63, 3.8) is 0 Å². The maximum Gasteiger partial charge on any atom is 0.242 e. The number of hydrogen-bond donors (Lipinski definition) is 1. The number of aryl methyl sites for hydroxylation is 1. The lowest BCUT2D eigenvalue weighted by Crippen LogP contribution is -2.50. The third-order valence-electron chi connectivity index (χ3n) is 5.94. The van der Waals surface area contributed by atoms with E-state index < -0.39 is 6.04 Å². The van der Waals surface area contributed by atoms with Gasteiger partial charge in [-0.1, -0.05) is 56.7 Å². The number of unbranched alkanes of at least 4 members (excludes halogenated alkanes) is 1. The Morgan fingerprint density at radius 1 is 0.886 bits per heavy atom. The van der Waals surface area contributed by atoms with Gasteiger partial charge in [0.1, 0.15) is 6.04 Å². The van der Waals surface area contributed by atoms with Gasteiger partial charge in [-0.15, -0.1) is 0 Å². The van der Waals surface area contributed by atoms with Crippen LogP contribution in [0.1, 0.15) is 64.5 Å². The summed E-state index contributed by atoms with van der Waals surface area (Å²) in [7, 11) is 0. The summed E-state index contributed by atoms with van der Waals surface area (Å²) < 4.78 is 11.4. The van der Waals surface area contributed by atoms with Crippen molar-refractivity contribution in [2.75, 3.05) is 26.3 Å². The van der Waals surface area contributed by atoms with Crippen LogP contribution in [-0.4, -0.2) is 49.1 Å². The first-order chi connectivity index (χ1) is 17.0. The van der Waals surface area contributed by atoms with E-state index in [4.69, 9.17) is 9.47 Å². The summed E-state index contributed by atoms with van der Waals surface area (Å²) in [6.07, 6.45) is 4.13. The Morgan fingerprint density at radius 3 is 2.26 bits per heavy atom. The summed E-state index contributed by atoms with van der Waals surface area (Å²) in [6.45, 7) is 10.2. The Bertz CT molecular complexity index is 901. The van der Waals surface area contributed by atoms with Crippen molar-refractivity contribution in [3.8, 4) is 11.5 Å². The molecule has 0 spiro atoms. The number of amides is 2. The van der Waals surface area contributed by atoms with Crippen LogP contribution in [0.2, 0.25) is 0 Å². The molecule has 192 valence electrons. The molecule has 2 amide bonds. The van der Waals surface area contributed by atoms with Crippen molar-refractivity contribution in [2.45, 2.75) is 72.3 Å². The summed E-state index contributed by atoms with van der Waals surface area (Å²) in [5.41, 5.74) is 2.16. The molecule has 0 aromatic heterocycles. The van der Waals surface area contributed by atoms with Crippen LogP contribution >= 0.6 is 0 Å². The molecule has 0 saturated carbocycles. The lowest BCUT2D eigenvalue weighted by Gasteiger charge is -2.31. The minimum absolute atomic E-state index is 0.00901. The Balaban J connectivity index is 2.14. The van der Waals surface area contributed by atoms with E-state index in [0.29, 0.717) is 63.5 Å². The first-order valence-electron chi connectivity index (χ1n) is 13.0. The van der Waals surface area contributed by atoms with Crippen molar-refractivity contribution in [1.82, 2.24) is 10.2 Å². The topological polar surface area (TPSA) is 67.9 Å². The van der Waals surface area contributed by atoms with Gasteiger partial charge in [0.15, 0.2) is 11.5 Å². The molecule has 1 atom stereocenters. The average Bonchev–Trinajstić information content (AvgIpc) is 2.87. The third-order valence-corrected chi connectivity index (χ3v) is 5.94. The van der Waals surface area contributed by atoms with Crippen LogP contribution in [0.25, 0.3) is 0 Å². The Morgan fingerprint density at radius 2 is 1.60 bits per heavy atom. The number of carbonyl (C=O) groups excluding carboxylic acids is 2. The van der Waals surface area contributed by atoms with Crippen molar-refractivity contribution in [1.29, 1.82) is 0 Å². The molecule has 0 aliphatic heterocycles. The monoisotopic (exact) mass is 482 g/mol. The maximum absolute atomic E-state index is 13.4. The molecule has 2 rings (SSSR count). The van der Waals surface area contributed by atoms with E-state index in [1.54, 1.807) is 4.90 Å². The molecule has 0 heterocycles. The fourth-order valence-electron chi connectivity index (χ4n) is 4.05. The minimum atomic E-state index is -0.470. The van der Waals surface area contributed by atoms with Gasteiger partial charge in [0.05, 0.1) is 13.2 Å². The van der Waals surface area contributed by atoms with Gasteiger partial charge in [0.2, 0.25) is 11.8 Å². The normalized spacial score (nSPS) is 11.5. The first-order valence-corrected chi connectivity index (χ1v) is 13.0. The molecule has 0 aliphatic rings. The van der Waals surface area contributed by atoms with Gasteiger partial charge in [-0.2, -0.15) is 0 Å². The number of nitrogens with one attached hydrogen (secondary N) is 1. The van der Waals surface area contributed by atoms with Crippen LogP contribution < -0.4 is 14.8 Å². The van der Waals surface area contributed by atoms with Gasteiger partial charge in [0, 0.05) is 19.5 Å². The molecule has 0 saturated heterocycles. The molecule has 1 N–H and O–H groups in total. The van der Waals surface area contributed by atoms with Crippen LogP contribution in [0.15, 0.2) is 48.5 Å². The largest absolute Gasteiger partial charge is 0.490 e. The Kier molecular flexibility index (Phi) is 12.7. The molecule has 6 nitrogen and oxygen atoms in total. The molecule has 0 fully saturated rings. The van der Waals surface area contributed by atoms with Gasteiger partial charge >= 0.3 is 0 Å². The number of benzene rings is 2. The zero-order valence-electron chi connectivity index (χ0n) is 21.8. The van der Waals surface area contributed by atoms with Gasteiger partial charge in [-0.05, 0) is 62.8 Å². The van der Waals surface area contributed by atoms with Gasteiger partial charge in [-0.25, -0.2) is 0 Å². The summed E-state index contributed by atoms with van der Waals surface area (Å²) >= 11 is 0. The number of rotatable bonds is 16. The zero-order valence-corrected chi connectivity index (χ0v) is 21.8. The molecule has 0 bridgehead atoms. The molecule has 2 aromatic carbocycles. The number of ether oxygens (including phenoxy) is 2. The van der Waals surface area contributed by atoms with Crippen LogP contribution in [0.5, 0.6) is 11.5 Å². The lowest BCUT2D eigenvalue weighted by atomic mass is 10.1. The maximum atomic E-state index is 13.4. The van der Waals surface area contributed by atoms with E-state index in [0.717, 1.165) is 24.0 Å². The van der Waals surface area contributed by atoms with E-state index in [-0.39, 0.29) is 11.8 Å². The number of nitrogens with zero attached hydrogens (tertiary/aromatic N) is 1. The average molecular weight is 483 g/mol. The van der Waals surface area contributed by atoms with Crippen LogP contribution in [-0.2, 0) is 22.4 Å². The molecular weight excluding hydrogens is 440 g/mol. The summed E-state index contributed by atoms with van der Waals surface area (Å²) in [4.78, 5) is 28.2. The molecule has 0 radical (unpaired) electrons. The second-order valence-electron chi connectivity index (χ2n) is 8.54. The summed E-state index contributed by atoms with van der Waals surface area (Å²) in [5, 5.41) is 3.02. The van der Waals surface area contributed by atoms with Crippen LogP contribution in [0, 0.1) is 0 Å². The fraction of sp³-hybridized carbons (Fsp3) is 0.517. The highest BCUT2D eigenvalue weighted by Gasteiger charge is 2.27. The zero-order chi connectivity index (χ0) is 25.5. The number of hydrogen-bond acceptors (Lipinski definition) is 4. The molecule has 0 aliphatic carbocycles. The smallest absolute Gasteiger partial charge is 0.242 e. The van der Waals surface area contributed by atoms with E-state index >= 15 is 0 Å². The van der Waals surface area contributed by atoms with Crippen molar-refractivity contribution in [3.05, 3.63) is 59.7 Å². The van der Waals surface area contributed by atoms with Crippen LogP contribution in [0.4, 0.5) is 0 Å². The highest BCUT2D eigenvalue weighted by Crippen LogP contribution is 2.29. The van der Waals surface area contributed by atoms with Gasteiger partial charge in [0.25, 0.3) is 0 Å². The highest BCUT2D eigenvalue weighted by atomic mass is 16.5. The predicted molar refractivity (Wildman–Crippen MR) is 141 cm³/mol. The summed E-state index contributed by atoms with van der Waals surface area (Å²) in [6, 6.07) is 15.4. The van der Waals surface area contributed by atoms with Gasteiger partial charge < -0.3 is 19.7 Å². The molecule has 6 heteroatoms. The van der Waals surface area contributed by atoms with E-state index in [2.05, 4.69) is 24.4 Å². The van der Waals surface area contributed by atoms with Gasteiger partial charge in [-0.3, -0.25) is 9.59 Å². The first kappa shape index (κ1) is 28.2. The lowest BCUT2D eigenvalue weighted by molar-refractivity contribution is -0.140. The number of carbonyl (C=O) groups is 2. The molecular formula is C29H42N2O4. The van der Waals surface area contributed by atoms with E-state index in [1.165, 1.54) is 0 Å². The van der Waals surface area contributed by atoms with Crippen LogP contribution in [0.3, 0.4) is 0 Å². The Labute approximate surface area is 211 Å².